The molecule has 11 heavy (non-hydrogen) atoms. The van der Waals surface area contributed by atoms with Crippen LogP contribution in [0.2, 0.25) is 0 Å². The topological polar surface area (TPSA) is 29.3 Å². The van der Waals surface area contributed by atoms with Gasteiger partial charge < -0.3 is 10.6 Å². The van der Waals surface area contributed by atoms with Gasteiger partial charge in [0.05, 0.1) is 0 Å². The summed E-state index contributed by atoms with van der Waals surface area (Å²) in [6, 6.07) is 0.408. The maximum Gasteiger partial charge on any atom is 0.0165 e. The summed E-state index contributed by atoms with van der Waals surface area (Å²) in [5.74, 6) is 0. The van der Waals surface area contributed by atoms with Gasteiger partial charge in [-0.3, -0.25) is 0 Å². The number of hydrogen-bond donors (Lipinski definition) is 1. The molecule has 2 nitrogen and oxygen atoms in total. The molecule has 0 amide bonds. The van der Waals surface area contributed by atoms with Crippen LogP contribution in [-0.4, -0.2) is 30.6 Å². The van der Waals surface area contributed by atoms with E-state index in [4.69, 9.17) is 5.73 Å². The van der Waals surface area contributed by atoms with Crippen molar-refractivity contribution in [3.05, 3.63) is 0 Å². The van der Waals surface area contributed by atoms with Crippen molar-refractivity contribution in [1.29, 1.82) is 0 Å². The number of rotatable bonds is 3. The Morgan fingerprint density at radius 1 is 1.45 bits per heavy atom. The lowest BCUT2D eigenvalue weighted by atomic mass is 9.96. The highest BCUT2D eigenvalue weighted by atomic mass is 15.2. The molecule has 1 saturated heterocycles. The van der Waals surface area contributed by atoms with Crippen molar-refractivity contribution in [1.82, 2.24) is 4.90 Å². The molecule has 0 radical (unpaired) electrons. The van der Waals surface area contributed by atoms with Gasteiger partial charge in [-0.15, -0.1) is 0 Å². The van der Waals surface area contributed by atoms with E-state index < -0.39 is 0 Å². The SMILES string of the molecule is CCC(N)CN1CC2(CC2)C1. The first-order valence-corrected chi connectivity index (χ1v) is 4.72. The monoisotopic (exact) mass is 154 g/mol. The molecule has 1 aliphatic heterocycles. The Morgan fingerprint density at radius 3 is 2.55 bits per heavy atom. The highest BCUT2D eigenvalue weighted by molar-refractivity contribution is 5.05. The minimum absolute atomic E-state index is 0.408. The molecule has 1 heterocycles. The van der Waals surface area contributed by atoms with Gasteiger partial charge in [-0.05, 0) is 24.7 Å². The molecule has 1 unspecified atom stereocenters. The fourth-order valence-electron chi connectivity index (χ4n) is 1.99. The molecular formula is C9H18N2. The van der Waals surface area contributed by atoms with Crippen LogP contribution in [0.25, 0.3) is 0 Å². The molecule has 0 aromatic heterocycles. The average molecular weight is 154 g/mol. The summed E-state index contributed by atoms with van der Waals surface area (Å²) in [7, 11) is 0. The van der Waals surface area contributed by atoms with Crippen molar-refractivity contribution in [2.24, 2.45) is 11.1 Å². The number of likely N-dealkylation sites (tertiary alicyclic amines) is 1. The zero-order valence-corrected chi connectivity index (χ0v) is 7.34. The normalized spacial score (nSPS) is 30.0. The summed E-state index contributed by atoms with van der Waals surface area (Å²) >= 11 is 0. The molecule has 0 aromatic rings. The van der Waals surface area contributed by atoms with Crippen molar-refractivity contribution in [2.75, 3.05) is 19.6 Å². The van der Waals surface area contributed by atoms with Crippen molar-refractivity contribution >= 4 is 0 Å². The van der Waals surface area contributed by atoms with Crippen LogP contribution in [0.1, 0.15) is 26.2 Å². The number of hydrogen-bond acceptors (Lipinski definition) is 2. The standard InChI is InChI=1S/C9H18N2/c1-2-8(10)5-11-6-9(7-11)3-4-9/h8H,2-7,10H2,1H3. The van der Waals surface area contributed by atoms with Crippen LogP contribution in [0.5, 0.6) is 0 Å². The van der Waals surface area contributed by atoms with Crippen LogP contribution >= 0.6 is 0 Å². The zero-order chi connectivity index (χ0) is 7.90. The van der Waals surface area contributed by atoms with E-state index in [1.54, 1.807) is 0 Å². The maximum absolute atomic E-state index is 5.85. The van der Waals surface area contributed by atoms with Crippen LogP contribution in [0.4, 0.5) is 0 Å². The van der Waals surface area contributed by atoms with E-state index in [9.17, 15) is 0 Å². The van der Waals surface area contributed by atoms with E-state index >= 15 is 0 Å². The molecule has 1 aliphatic carbocycles. The number of nitrogens with zero attached hydrogens (tertiary/aromatic N) is 1. The van der Waals surface area contributed by atoms with E-state index in [1.807, 2.05) is 0 Å². The molecule has 64 valence electrons. The molecule has 1 atom stereocenters. The Balaban J connectivity index is 1.66. The second-order valence-electron chi connectivity index (χ2n) is 4.34. The third-order valence-electron chi connectivity index (χ3n) is 3.09. The van der Waals surface area contributed by atoms with E-state index in [0.717, 1.165) is 18.4 Å². The molecule has 2 aliphatic rings. The predicted octanol–water partition coefficient (Wildman–Crippen LogP) is 0.819. The van der Waals surface area contributed by atoms with Crippen molar-refractivity contribution in [3.8, 4) is 0 Å². The smallest absolute Gasteiger partial charge is 0.0165 e. The maximum atomic E-state index is 5.85. The summed E-state index contributed by atoms with van der Waals surface area (Å²) in [5, 5.41) is 0. The minimum Gasteiger partial charge on any atom is -0.327 e. The Bertz CT molecular complexity index is 144. The third-order valence-corrected chi connectivity index (χ3v) is 3.09. The summed E-state index contributed by atoms with van der Waals surface area (Å²) in [4.78, 5) is 2.50. The molecule has 2 N–H and O–H groups in total. The first-order valence-electron chi connectivity index (χ1n) is 4.72. The quantitative estimate of drug-likeness (QED) is 0.652. The molecule has 0 bridgehead atoms. The summed E-state index contributed by atoms with van der Waals surface area (Å²) in [5.41, 5.74) is 6.65. The van der Waals surface area contributed by atoms with Crippen LogP contribution < -0.4 is 5.73 Å². The van der Waals surface area contributed by atoms with E-state index in [-0.39, 0.29) is 0 Å². The minimum atomic E-state index is 0.408. The summed E-state index contributed by atoms with van der Waals surface area (Å²) in [6.45, 7) is 5.96. The third kappa shape index (κ3) is 1.42. The highest BCUT2D eigenvalue weighted by Gasteiger charge is 2.51. The Morgan fingerprint density at radius 2 is 2.09 bits per heavy atom. The van der Waals surface area contributed by atoms with Gasteiger partial charge in [0.15, 0.2) is 0 Å². The second-order valence-corrected chi connectivity index (χ2v) is 4.34. The van der Waals surface area contributed by atoms with Crippen LogP contribution in [0.15, 0.2) is 0 Å². The van der Waals surface area contributed by atoms with E-state index in [2.05, 4.69) is 11.8 Å². The zero-order valence-electron chi connectivity index (χ0n) is 7.34. The van der Waals surface area contributed by atoms with Gasteiger partial charge in [0.1, 0.15) is 0 Å². The lowest BCUT2D eigenvalue weighted by Gasteiger charge is -2.41. The predicted molar refractivity (Wildman–Crippen MR) is 46.4 cm³/mol. The fraction of sp³-hybridized carbons (Fsp3) is 1.00. The summed E-state index contributed by atoms with van der Waals surface area (Å²) < 4.78 is 0. The second kappa shape index (κ2) is 2.46. The lowest BCUT2D eigenvalue weighted by Crippen LogP contribution is -2.52. The molecule has 2 fully saturated rings. The first kappa shape index (κ1) is 7.56. The summed E-state index contributed by atoms with van der Waals surface area (Å²) in [6.07, 6.45) is 4.07. The van der Waals surface area contributed by atoms with Gasteiger partial charge in [0.25, 0.3) is 0 Å². The van der Waals surface area contributed by atoms with Gasteiger partial charge in [-0.2, -0.15) is 0 Å². The van der Waals surface area contributed by atoms with Crippen molar-refractivity contribution in [2.45, 2.75) is 32.2 Å². The Kier molecular flexibility index (Phi) is 1.69. The van der Waals surface area contributed by atoms with E-state index in [1.165, 1.54) is 25.9 Å². The average Bonchev–Trinajstić information content (AvgIpc) is 2.66. The number of nitrogens with two attached hydrogens (primary N) is 1. The Labute approximate surface area is 68.7 Å². The molecule has 1 saturated carbocycles. The van der Waals surface area contributed by atoms with Crippen LogP contribution in [0.3, 0.4) is 0 Å². The largest absolute Gasteiger partial charge is 0.327 e. The molecule has 1 spiro atoms. The molecule has 2 rings (SSSR count). The fourth-order valence-corrected chi connectivity index (χ4v) is 1.99. The highest BCUT2D eigenvalue weighted by Crippen LogP contribution is 2.52. The van der Waals surface area contributed by atoms with Crippen LogP contribution in [0, 0.1) is 5.41 Å². The van der Waals surface area contributed by atoms with Crippen LogP contribution in [-0.2, 0) is 0 Å². The van der Waals surface area contributed by atoms with Gasteiger partial charge in [0, 0.05) is 25.7 Å². The molecule has 2 heteroatoms. The van der Waals surface area contributed by atoms with Gasteiger partial charge in [-0.25, -0.2) is 0 Å². The van der Waals surface area contributed by atoms with Crippen molar-refractivity contribution < 1.29 is 0 Å². The van der Waals surface area contributed by atoms with Gasteiger partial charge >= 0.3 is 0 Å². The van der Waals surface area contributed by atoms with Gasteiger partial charge in [0.2, 0.25) is 0 Å². The Hall–Kier alpha value is -0.0800. The molecular weight excluding hydrogens is 136 g/mol. The van der Waals surface area contributed by atoms with Gasteiger partial charge in [-0.1, -0.05) is 6.92 Å². The van der Waals surface area contributed by atoms with E-state index in [0.29, 0.717) is 6.04 Å². The lowest BCUT2D eigenvalue weighted by molar-refractivity contribution is 0.0750. The molecule has 0 aromatic carbocycles. The first-order chi connectivity index (χ1) is 5.24. The van der Waals surface area contributed by atoms with Crippen molar-refractivity contribution in [3.63, 3.8) is 0 Å².